The number of aromatic nitrogens is 1. The maximum Gasteiger partial charge on any atom is 0.267 e. The molecule has 1 aromatic heterocycles. The summed E-state index contributed by atoms with van der Waals surface area (Å²) in [5.41, 5.74) is 4.84. The SMILES string of the molecule is NCc1cc(C=O)c(C(F)F)c(Cl)n1. The van der Waals surface area contributed by atoms with Crippen molar-refractivity contribution in [2.24, 2.45) is 5.73 Å². The van der Waals surface area contributed by atoms with E-state index in [4.69, 9.17) is 17.3 Å². The number of rotatable bonds is 3. The maximum atomic E-state index is 12.4. The zero-order valence-electron chi connectivity index (χ0n) is 7.01. The van der Waals surface area contributed by atoms with Crippen LogP contribution in [0.25, 0.3) is 0 Å². The van der Waals surface area contributed by atoms with Gasteiger partial charge in [-0.15, -0.1) is 0 Å². The third kappa shape index (κ3) is 2.05. The Morgan fingerprint density at radius 1 is 1.64 bits per heavy atom. The number of aldehydes is 1. The minimum absolute atomic E-state index is 0.0457. The van der Waals surface area contributed by atoms with Crippen LogP contribution in [0.5, 0.6) is 0 Å². The molecule has 1 rings (SSSR count). The average molecular weight is 221 g/mol. The highest BCUT2D eigenvalue weighted by molar-refractivity contribution is 6.30. The minimum atomic E-state index is -2.82. The molecule has 3 nitrogen and oxygen atoms in total. The quantitative estimate of drug-likeness (QED) is 0.626. The van der Waals surface area contributed by atoms with Crippen molar-refractivity contribution >= 4 is 17.9 Å². The van der Waals surface area contributed by atoms with E-state index in [2.05, 4.69) is 4.98 Å². The van der Waals surface area contributed by atoms with Gasteiger partial charge >= 0.3 is 0 Å². The topological polar surface area (TPSA) is 56.0 Å². The number of hydrogen-bond donors (Lipinski definition) is 1. The summed E-state index contributed by atoms with van der Waals surface area (Å²) in [5.74, 6) is 0. The monoisotopic (exact) mass is 220 g/mol. The van der Waals surface area contributed by atoms with Crippen molar-refractivity contribution in [3.8, 4) is 0 Å². The lowest BCUT2D eigenvalue weighted by molar-refractivity contribution is 0.110. The van der Waals surface area contributed by atoms with E-state index in [9.17, 15) is 13.6 Å². The van der Waals surface area contributed by atoms with Gasteiger partial charge < -0.3 is 5.73 Å². The van der Waals surface area contributed by atoms with Crippen molar-refractivity contribution in [2.75, 3.05) is 0 Å². The number of carbonyl (C=O) groups is 1. The second kappa shape index (κ2) is 4.43. The summed E-state index contributed by atoms with van der Waals surface area (Å²) in [4.78, 5) is 14.1. The average Bonchev–Trinajstić information content (AvgIpc) is 2.15. The van der Waals surface area contributed by atoms with Gasteiger partial charge in [0, 0.05) is 12.1 Å². The molecule has 0 aliphatic carbocycles. The second-order valence-corrected chi connectivity index (χ2v) is 2.89. The van der Waals surface area contributed by atoms with E-state index in [-0.39, 0.29) is 17.3 Å². The number of carbonyl (C=O) groups excluding carboxylic acids is 1. The van der Waals surface area contributed by atoms with E-state index in [0.29, 0.717) is 12.0 Å². The maximum absolute atomic E-state index is 12.4. The largest absolute Gasteiger partial charge is 0.325 e. The summed E-state index contributed by atoms with van der Waals surface area (Å²) in [5, 5.41) is -0.370. The molecule has 0 bridgehead atoms. The highest BCUT2D eigenvalue weighted by Gasteiger charge is 2.18. The Morgan fingerprint density at radius 3 is 2.71 bits per heavy atom. The number of halogens is 3. The van der Waals surface area contributed by atoms with Gasteiger partial charge in [-0.3, -0.25) is 4.79 Å². The molecule has 0 aromatic carbocycles. The summed E-state index contributed by atoms with van der Waals surface area (Å²) >= 11 is 5.48. The third-order valence-electron chi connectivity index (χ3n) is 1.65. The van der Waals surface area contributed by atoms with E-state index in [0.717, 1.165) is 0 Å². The van der Waals surface area contributed by atoms with E-state index in [1.54, 1.807) is 0 Å². The summed E-state index contributed by atoms with van der Waals surface area (Å²) in [6, 6.07) is 1.21. The molecule has 0 spiro atoms. The van der Waals surface area contributed by atoms with E-state index in [1.807, 2.05) is 0 Å². The highest BCUT2D eigenvalue weighted by Crippen LogP contribution is 2.28. The lowest BCUT2D eigenvalue weighted by Crippen LogP contribution is -2.05. The van der Waals surface area contributed by atoms with Crippen LogP contribution in [0.4, 0.5) is 8.78 Å². The normalized spacial score (nSPS) is 10.6. The van der Waals surface area contributed by atoms with Crippen LogP contribution < -0.4 is 5.73 Å². The summed E-state index contributed by atoms with van der Waals surface area (Å²) in [6.45, 7) is 0.0457. The lowest BCUT2D eigenvalue weighted by Gasteiger charge is -2.07. The van der Waals surface area contributed by atoms with Gasteiger partial charge in [-0.1, -0.05) is 11.6 Å². The summed E-state index contributed by atoms with van der Waals surface area (Å²) in [6.07, 6.45) is -2.50. The number of nitrogens with two attached hydrogens (primary N) is 1. The molecule has 76 valence electrons. The van der Waals surface area contributed by atoms with Crippen molar-refractivity contribution < 1.29 is 13.6 Å². The summed E-state index contributed by atoms with van der Waals surface area (Å²) < 4.78 is 24.8. The molecule has 2 N–H and O–H groups in total. The smallest absolute Gasteiger partial charge is 0.267 e. The van der Waals surface area contributed by atoms with Gasteiger partial charge in [0.1, 0.15) is 5.15 Å². The van der Waals surface area contributed by atoms with Gasteiger partial charge in [-0.2, -0.15) is 0 Å². The van der Waals surface area contributed by atoms with Gasteiger partial charge in [-0.05, 0) is 6.07 Å². The molecule has 0 fully saturated rings. The standard InChI is InChI=1S/C8H7ClF2N2O/c9-7-6(8(10)11)4(3-14)1-5(2-12)13-7/h1,3,8H,2,12H2. The lowest BCUT2D eigenvalue weighted by atomic mass is 10.1. The molecule has 0 radical (unpaired) electrons. The van der Waals surface area contributed by atoms with Crippen molar-refractivity contribution in [1.29, 1.82) is 0 Å². The first kappa shape index (κ1) is 11.0. The van der Waals surface area contributed by atoms with Crippen molar-refractivity contribution in [3.63, 3.8) is 0 Å². The van der Waals surface area contributed by atoms with E-state index in [1.165, 1.54) is 6.07 Å². The Bertz CT molecular complexity index is 357. The molecule has 0 aliphatic rings. The van der Waals surface area contributed by atoms with E-state index < -0.39 is 12.0 Å². The zero-order chi connectivity index (χ0) is 10.7. The molecule has 0 atom stereocenters. The van der Waals surface area contributed by atoms with Crippen molar-refractivity contribution in [1.82, 2.24) is 4.98 Å². The minimum Gasteiger partial charge on any atom is -0.325 e. The molecule has 6 heteroatoms. The molecule has 0 amide bonds. The second-order valence-electron chi connectivity index (χ2n) is 2.53. The first-order chi connectivity index (χ1) is 6.60. The number of pyridine rings is 1. The van der Waals surface area contributed by atoms with Gasteiger partial charge in [0.25, 0.3) is 6.43 Å². The van der Waals surface area contributed by atoms with Gasteiger partial charge in [-0.25, -0.2) is 13.8 Å². The van der Waals surface area contributed by atoms with Gasteiger partial charge in [0.15, 0.2) is 6.29 Å². The number of alkyl halides is 2. The highest BCUT2D eigenvalue weighted by atomic mass is 35.5. The van der Waals surface area contributed by atoms with Crippen LogP contribution in [-0.2, 0) is 6.54 Å². The Hall–Kier alpha value is -1.07. The third-order valence-corrected chi connectivity index (χ3v) is 1.94. The molecule has 0 aliphatic heterocycles. The van der Waals surface area contributed by atoms with Crippen LogP contribution in [0.2, 0.25) is 5.15 Å². The Kier molecular flexibility index (Phi) is 3.49. The van der Waals surface area contributed by atoms with Crippen LogP contribution >= 0.6 is 11.6 Å². The fourth-order valence-corrected chi connectivity index (χ4v) is 1.31. The Balaban J connectivity index is 3.34. The molecule has 0 saturated heterocycles. The predicted octanol–water partition coefficient (Wildman–Crippen LogP) is 1.94. The summed E-state index contributed by atoms with van der Waals surface area (Å²) in [7, 11) is 0. The molecule has 1 heterocycles. The first-order valence-corrected chi connectivity index (χ1v) is 4.10. The fourth-order valence-electron chi connectivity index (χ4n) is 1.01. The molecular formula is C8H7ClF2N2O. The molecular weight excluding hydrogens is 214 g/mol. The van der Waals surface area contributed by atoms with Gasteiger partial charge in [0.05, 0.1) is 11.3 Å². The van der Waals surface area contributed by atoms with Crippen molar-refractivity contribution in [2.45, 2.75) is 13.0 Å². The molecule has 0 unspecified atom stereocenters. The molecule has 14 heavy (non-hydrogen) atoms. The Labute approximate surface area is 83.9 Å². The van der Waals surface area contributed by atoms with Crippen LogP contribution in [0.15, 0.2) is 6.07 Å². The molecule has 0 saturated carbocycles. The zero-order valence-corrected chi connectivity index (χ0v) is 7.76. The predicted molar refractivity (Wildman–Crippen MR) is 47.5 cm³/mol. The Morgan fingerprint density at radius 2 is 2.29 bits per heavy atom. The first-order valence-electron chi connectivity index (χ1n) is 3.72. The van der Waals surface area contributed by atoms with Crippen LogP contribution in [0.1, 0.15) is 28.0 Å². The van der Waals surface area contributed by atoms with E-state index >= 15 is 0 Å². The van der Waals surface area contributed by atoms with Gasteiger partial charge in [0.2, 0.25) is 0 Å². The fraction of sp³-hybridized carbons (Fsp3) is 0.250. The number of hydrogen-bond acceptors (Lipinski definition) is 3. The van der Waals surface area contributed by atoms with Crippen LogP contribution in [0, 0.1) is 0 Å². The number of nitrogens with zero attached hydrogens (tertiary/aromatic N) is 1. The molecule has 1 aromatic rings. The van der Waals surface area contributed by atoms with Crippen LogP contribution in [-0.4, -0.2) is 11.3 Å². The van der Waals surface area contributed by atoms with Crippen LogP contribution in [0.3, 0.4) is 0 Å². The van der Waals surface area contributed by atoms with Crippen molar-refractivity contribution in [3.05, 3.63) is 28.0 Å².